The lowest BCUT2D eigenvalue weighted by molar-refractivity contribution is 0.127. The Kier molecular flexibility index (Phi) is 4.30. The number of nitriles is 1. The Morgan fingerprint density at radius 2 is 2.31 bits per heavy atom. The molecule has 0 amide bonds. The molecular weight excluding hydrogens is 228 g/mol. The third kappa shape index (κ3) is 3.74. The van der Waals surface area contributed by atoms with Crippen LogP contribution in [0.4, 0.5) is 0 Å². The molecule has 2 atom stereocenters. The molecule has 0 saturated carbocycles. The molecule has 1 saturated heterocycles. The van der Waals surface area contributed by atoms with Crippen LogP contribution in [0.3, 0.4) is 0 Å². The highest BCUT2D eigenvalue weighted by Crippen LogP contribution is 2.15. The third-order valence-electron chi connectivity index (χ3n) is 2.76. The first-order valence-electron chi connectivity index (χ1n) is 5.45. The lowest BCUT2D eigenvalue weighted by atomic mass is 10.0. The van der Waals surface area contributed by atoms with Crippen LogP contribution in [0, 0.1) is 11.3 Å². The molecule has 0 aromatic heterocycles. The minimum absolute atomic E-state index is 0.0513. The highest BCUT2D eigenvalue weighted by molar-refractivity contribution is 7.89. The van der Waals surface area contributed by atoms with Gasteiger partial charge in [0, 0.05) is 6.61 Å². The molecule has 5 nitrogen and oxygen atoms in total. The van der Waals surface area contributed by atoms with Crippen molar-refractivity contribution in [2.75, 3.05) is 12.4 Å². The van der Waals surface area contributed by atoms with Gasteiger partial charge in [0.05, 0.1) is 17.9 Å². The van der Waals surface area contributed by atoms with Crippen molar-refractivity contribution in [2.24, 2.45) is 0 Å². The predicted octanol–water partition coefficient (Wildman–Crippen LogP) is 0.777. The fourth-order valence-electron chi connectivity index (χ4n) is 1.58. The Bertz CT molecular complexity index is 368. The average Bonchev–Trinajstić information content (AvgIpc) is 2.68. The summed E-state index contributed by atoms with van der Waals surface area (Å²) in [6.07, 6.45) is 1.89. The molecule has 6 heteroatoms. The van der Waals surface area contributed by atoms with Crippen LogP contribution in [-0.2, 0) is 14.8 Å². The van der Waals surface area contributed by atoms with E-state index < -0.39 is 15.6 Å². The number of rotatable bonds is 5. The molecule has 92 valence electrons. The van der Waals surface area contributed by atoms with Crippen molar-refractivity contribution in [3.05, 3.63) is 0 Å². The zero-order valence-electron chi connectivity index (χ0n) is 9.69. The van der Waals surface area contributed by atoms with Crippen molar-refractivity contribution in [3.8, 4) is 6.07 Å². The van der Waals surface area contributed by atoms with Gasteiger partial charge in [-0.15, -0.1) is 0 Å². The van der Waals surface area contributed by atoms with E-state index in [0.29, 0.717) is 13.0 Å². The maximum absolute atomic E-state index is 11.8. The van der Waals surface area contributed by atoms with Gasteiger partial charge in [-0.05, 0) is 26.2 Å². The van der Waals surface area contributed by atoms with E-state index >= 15 is 0 Å². The maximum atomic E-state index is 11.8. The smallest absolute Gasteiger partial charge is 0.215 e. The first-order valence-corrected chi connectivity index (χ1v) is 7.10. The summed E-state index contributed by atoms with van der Waals surface area (Å²) in [6.45, 7) is 3.99. The van der Waals surface area contributed by atoms with Crippen LogP contribution in [0.2, 0.25) is 0 Å². The van der Waals surface area contributed by atoms with Crippen LogP contribution in [0.1, 0.15) is 33.1 Å². The summed E-state index contributed by atoms with van der Waals surface area (Å²) < 4.78 is 31.3. The Labute approximate surface area is 96.8 Å². The van der Waals surface area contributed by atoms with Crippen LogP contribution >= 0.6 is 0 Å². The highest BCUT2D eigenvalue weighted by atomic mass is 32.2. The Hall–Kier alpha value is -0.640. The van der Waals surface area contributed by atoms with E-state index in [1.807, 2.05) is 6.07 Å². The summed E-state index contributed by atoms with van der Waals surface area (Å²) in [7, 11) is -3.44. The molecule has 0 aromatic carbocycles. The van der Waals surface area contributed by atoms with Crippen molar-refractivity contribution in [1.82, 2.24) is 4.72 Å². The number of hydrogen-bond donors (Lipinski definition) is 1. The molecule has 1 fully saturated rings. The molecule has 2 unspecified atom stereocenters. The largest absolute Gasteiger partial charge is 0.377 e. The fraction of sp³-hybridized carbons (Fsp3) is 0.900. The Morgan fingerprint density at radius 1 is 1.62 bits per heavy atom. The van der Waals surface area contributed by atoms with Crippen LogP contribution < -0.4 is 4.72 Å². The van der Waals surface area contributed by atoms with Gasteiger partial charge in [0.15, 0.2) is 0 Å². The van der Waals surface area contributed by atoms with Crippen molar-refractivity contribution >= 4 is 10.0 Å². The maximum Gasteiger partial charge on any atom is 0.215 e. The van der Waals surface area contributed by atoms with E-state index in [0.717, 1.165) is 12.8 Å². The minimum Gasteiger partial charge on any atom is -0.377 e. The van der Waals surface area contributed by atoms with Crippen molar-refractivity contribution in [2.45, 2.75) is 44.8 Å². The molecule has 0 aliphatic carbocycles. The molecule has 0 bridgehead atoms. The monoisotopic (exact) mass is 246 g/mol. The number of nitrogens with one attached hydrogen (secondary N) is 1. The van der Waals surface area contributed by atoms with Gasteiger partial charge in [-0.1, -0.05) is 6.92 Å². The van der Waals surface area contributed by atoms with Crippen LogP contribution in [0.15, 0.2) is 0 Å². The molecule has 16 heavy (non-hydrogen) atoms. The lowest BCUT2D eigenvalue weighted by Gasteiger charge is -2.22. The summed E-state index contributed by atoms with van der Waals surface area (Å²) in [5.41, 5.74) is -1.02. The number of hydrogen-bond acceptors (Lipinski definition) is 4. The third-order valence-corrected chi connectivity index (χ3v) is 4.34. The van der Waals surface area contributed by atoms with E-state index in [9.17, 15) is 8.42 Å². The number of sulfonamides is 1. The van der Waals surface area contributed by atoms with Gasteiger partial charge in [0.1, 0.15) is 5.54 Å². The van der Waals surface area contributed by atoms with E-state index in [-0.39, 0.29) is 11.9 Å². The van der Waals surface area contributed by atoms with E-state index in [4.69, 9.17) is 10.00 Å². The molecule has 1 aliphatic rings. The molecule has 1 N–H and O–H groups in total. The second kappa shape index (κ2) is 5.13. The summed E-state index contributed by atoms with van der Waals surface area (Å²) >= 11 is 0. The van der Waals surface area contributed by atoms with Crippen LogP contribution in [0.25, 0.3) is 0 Å². The molecule has 0 radical (unpaired) electrons. The van der Waals surface area contributed by atoms with Gasteiger partial charge in [-0.2, -0.15) is 9.98 Å². The van der Waals surface area contributed by atoms with Crippen LogP contribution in [0.5, 0.6) is 0 Å². The quantitative estimate of drug-likeness (QED) is 0.777. The minimum atomic E-state index is -3.44. The standard InChI is InChI=1S/C10H18N2O3S/c1-3-10(2,8-11)12-16(13,14)7-9-5-4-6-15-9/h9,12H,3-7H2,1-2H3. The van der Waals surface area contributed by atoms with Gasteiger partial charge in [-0.3, -0.25) is 0 Å². The van der Waals surface area contributed by atoms with Crippen molar-refractivity contribution in [3.63, 3.8) is 0 Å². The zero-order chi connectivity index (χ0) is 12.2. The van der Waals surface area contributed by atoms with Crippen LogP contribution in [-0.4, -0.2) is 32.4 Å². The summed E-state index contributed by atoms with van der Waals surface area (Å²) in [6, 6.07) is 1.98. The second-order valence-electron chi connectivity index (χ2n) is 4.32. The summed E-state index contributed by atoms with van der Waals surface area (Å²) in [5, 5.41) is 8.90. The second-order valence-corrected chi connectivity index (χ2v) is 6.08. The van der Waals surface area contributed by atoms with Gasteiger partial charge < -0.3 is 4.74 Å². The summed E-state index contributed by atoms with van der Waals surface area (Å²) in [4.78, 5) is 0. The van der Waals surface area contributed by atoms with Gasteiger partial charge >= 0.3 is 0 Å². The molecule has 1 aliphatic heterocycles. The van der Waals surface area contributed by atoms with Crippen molar-refractivity contribution < 1.29 is 13.2 Å². The molecular formula is C10H18N2O3S. The first kappa shape index (κ1) is 13.4. The first-order chi connectivity index (χ1) is 7.41. The van der Waals surface area contributed by atoms with Gasteiger partial charge in [0.2, 0.25) is 10.0 Å². The number of nitrogens with zero attached hydrogens (tertiary/aromatic N) is 1. The molecule has 1 heterocycles. The fourth-order valence-corrected chi connectivity index (χ4v) is 3.29. The van der Waals surface area contributed by atoms with Gasteiger partial charge in [-0.25, -0.2) is 8.42 Å². The highest BCUT2D eigenvalue weighted by Gasteiger charge is 2.30. The SMILES string of the molecule is CCC(C)(C#N)NS(=O)(=O)CC1CCCO1. The summed E-state index contributed by atoms with van der Waals surface area (Å²) in [5.74, 6) is -0.0513. The normalized spacial score (nSPS) is 24.9. The lowest BCUT2D eigenvalue weighted by Crippen LogP contribution is -2.46. The topological polar surface area (TPSA) is 79.2 Å². The van der Waals surface area contributed by atoms with Gasteiger partial charge in [0.25, 0.3) is 0 Å². The Morgan fingerprint density at radius 3 is 2.75 bits per heavy atom. The van der Waals surface area contributed by atoms with E-state index in [1.165, 1.54) is 0 Å². The molecule has 1 rings (SSSR count). The van der Waals surface area contributed by atoms with E-state index in [1.54, 1.807) is 13.8 Å². The van der Waals surface area contributed by atoms with E-state index in [2.05, 4.69) is 4.72 Å². The number of ether oxygens (including phenoxy) is 1. The average molecular weight is 246 g/mol. The molecule has 0 aromatic rings. The Balaban J connectivity index is 2.61. The molecule has 0 spiro atoms. The zero-order valence-corrected chi connectivity index (χ0v) is 10.5. The predicted molar refractivity (Wildman–Crippen MR) is 60.2 cm³/mol. The van der Waals surface area contributed by atoms with Crippen molar-refractivity contribution in [1.29, 1.82) is 5.26 Å².